The molecule has 0 unspecified atom stereocenters. The molecule has 0 fully saturated rings. The van der Waals surface area contributed by atoms with Crippen molar-refractivity contribution in [1.29, 1.82) is 0 Å². The summed E-state index contributed by atoms with van der Waals surface area (Å²) in [6.07, 6.45) is 1.67. The Labute approximate surface area is 129 Å². The van der Waals surface area contributed by atoms with Gasteiger partial charge in [-0.15, -0.1) is 0 Å². The van der Waals surface area contributed by atoms with E-state index in [1.165, 1.54) is 11.6 Å². The van der Waals surface area contributed by atoms with E-state index in [0.29, 0.717) is 10.7 Å². The van der Waals surface area contributed by atoms with Crippen molar-refractivity contribution in [1.82, 2.24) is 9.78 Å². The van der Waals surface area contributed by atoms with E-state index in [1.807, 2.05) is 6.92 Å². The SMILES string of the molecule is CCCc1cc(OS(=O)(=O)CC)n(-c2ccc(Cl)cc2)n1. The van der Waals surface area contributed by atoms with Gasteiger partial charge in [-0.3, -0.25) is 0 Å². The maximum atomic E-state index is 11.7. The molecule has 114 valence electrons. The molecule has 1 heterocycles. The fraction of sp³-hybridized carbons (Fsp3) is 0.357. The molecule has 0 N–H and O–H groups in total. The summed E-state index contributed by atoms with van der Waals surface area (Å²) in [6.45, 7) is 3.57. The Balaban J connectivity index is 2.45. The summed E-state index contributed by atoms with van der Waals surface area (Å²) in [5, 5.41) is 5.00. The Hall–Kier alpha value is -1.53. The summed E-state index contributed by atoms with van der Waals surface area (Å²) in [5.41, 5.74) is 1.48. The second-order valence-corrected chi connectivity index (χ2v) is 6.84. The largest absolute Gasteiger partial charge is 0.361 e. The molecule has 0 bridgehead atoms. The molecule has 0 aliphatic heterocycles. The van der Waals surface area contributed by atoms with Gasteiger partial charge >= 0.3 is 10.1 Å². The third kappa shape index (κ3) is 3.98. The smallest absolute Gasteiger partial charge is 0.310 e. The molecule has 0 radical (unpaired) electrons. The van der Waals surface area contributed by atoms with Crippen LogP contribution < -0.4 is 4.18 Å². The fourth-order valence-electron chi connectivity index (χ4n) is 1.80. The molecule has 7 heteroatoms. The summed E-state index contributed by atoms with van der Waals surface area (Å²) in [7, 11) is -3.60. The van der Waals surface area contributed by atoms with Crippen LogP contribution in [-0.2, 0) is 16.5 Å². The monoisotopic (exact) mass is 328 g/mol. The van der Waals surface area contributed by atoms with Crippen LogP contribution in [0.25, 0.3) is 5.69 Å². The highest BCUT2D eigenvalue weighted by molar-refractivity contribution is 7.87. The Bertz CT molecular complexity index is 708. The van der Waals surface area contributed by atoms with Crippen molar-refractivity contribution in [3.05, 3.63) is 41.0 Å². The van der Waals surface area contributed by atoms with Crippen LogP contribution in [0.2, 0.25) is 5.02 Å². The summed E-state index contributed by atoms with van der Waals surface area (Å²) in [5.74, 6) is 0.102. The Morgan fingerprint density at radius 3 is 2.48 bits per heavy atom. The molecular formula is C14H17ClN2O3S. The van der Waals surface area contributed by atoms with E-state index in [1.54, 1.807) is 30.3 Å². The Kier molecular flexibility index (Phi) is 4.90. The van der Waals surface area contributed by atoms with Gasteiger partial charge in [-0.1, -0.05) is 24.9 Å². The van der Waals surface area contributed by atoms with Gasteiger partial charge in [-0.05, 0) is 37.6 Å². The van der Waals surface area contributed by atoms with E-state index in [0.717, 1.165) is 18.5 Å². The molecule has 21 heavy (non-hydrogen) atoms. The van der Waals surface area contributed by atoms with Crippen molar-refractivity contribution < 1.29 is 12.6 Å². The van der Waals surface area contributed by atoms with Gasteiger partial charge in [0.05, 0.1) is 17.1 Å². The lowest BCUT2D eigenvalue weighted by Gasteiger charge is -2.08. The van der Waals surface area contributed by atoms with Crippen LogP contribution in [0.5, 0.6) is 5.88 Å². The Morgan fingerprint density at radius 2 is 1.90 bits per heavy atom. The molecule has 0 spiro atoms. The van der Waals surface area contributed by atoms with Crippen LogP contribution in [0.4, 0.5) is 0 Å². The zero-order valence-corrected chi connectivity index (χ0v) is 13.5. The molecule has 2 aromatic rings. The number of rotatable bonds is 6. The second-order valence-electron chi connectivity index (χ2n) is 4.54. The number of nitrogens with zero attached hydrogens (tertiary/aromatic N) is 2. The van der Waals surface area contributed by atoms with E-state index in [2.05, 4.69) is 5.10 Å². The lowest BCUT2D eigenvalue weighted by molar-refractivity contribution is 0.466. The van der Waals surface area contributed by atoms with E-state index < -0.39 is 10.1 Å². The van der Waals surface area contributed by atoms with Crippen LogP contribution in [0.1, 0.15) is 26.0 Å². The normalized spacial score (nSPS) is 11.6. The number of aryl methyl sites for hydroxylation is 1. The first-order valence-electron chi connectivity index (χ1n) is 6.72. The first-order valence-corrected chi connectivity index (χ1v) is 8.67. The maximum absolute atomic E-state index is 11.7. The first kappa shape index (κ1) is 15.9. The van der Waals surface area contributed by atoms with Crippen molar-refractivity contribution >= 4 is 21.7 Å². The Morgan fingerprint density at radius 1 is 1.24 bits per heavy atom. The van der Waals surface area contributed by atoms with E-state index >= 15 is 0 Å². The number of benzene rings is 1. The lowest BCUT2D eigenvalue weighted by Crippen LogP contribution is -2.14. The zero-order valence-electron chi connectivity index (χ0n) is 11.9. The van der Waals surface area contributed by atoms with Gasteiger partial charge in [0.25, 0.3) is 0 Å². The van der Waals surface area contributed by atoms with Crippen LogP contribution in [-0.4, -0.2) is 24.0 Å². The molecule has 2 rings (SSSR count). The first-order chi connectivity index (χ1) is 9.95. The third-order valence-corrected chi connectivity index (χ3v) is 4.25. The van der Waals surface area contributed by atoms with E-state index in [9.17, 15) is 8.42 Å². The van der Waals surface area contributed by atoms with E-state index in [-0.39, 0.29) is 11.6 Å². The molecule has 0 aliphatic rings. The minimum atomic E-state index is -3.60. The van der Waals surface area contributed by atoms with Crippen molar-refractivity contribution in [3.8, 4) is 11.6 Å². The minimum Gasteiger partial charge on any atom is -0.361 e. The highest BCUT2D eigenvalue weighted by atomic mass is 35.5. The lowest BCUT2D eigenvalue weighted by atomic mass is 10.3. The van der Waals surface area contributed by atoms with E-state index in [4.69, 9.17) is 15.8 Å². The van der Waals surface area contributed by atoms with Crippen molar-refractivity contribution in [2.45, 2.75) is 26.7 Å². The zero-order chi connectivity index (χ0) is 15.5. The highest BCUT2D eigenvalue weighted by Crippen LogP contribution is 2.23. The van der Waals surface area contributed by atoms with Crippen LogP contribution in [0, 0.1) is 0 Å². The number of aromatic nitrogens is 2. The minimum absolute atomic E-state index is 0.0953. The summed E-state index contributed by atoms with van der Waals surface area (Å²) >= 11 is 5.87. The highest BCUT2D eigenvalue weighted by Gasteiger charge is 2.17. The number of hydrogen-bond acceptors (Lipinski definition) is 4. The molecule has 0 atom stereocenters. The van der Waals surface area contributed by atoms with Crippen LogP contribution >= 0.6 is 11.6 Å². The fourth-order valence-corrected chi connectivity index (χ4v) is 2.43. The molecule has 0 saturated heterocycles. The molecule has 1 aromatic heterocycles. The number of halogens is 1. The summed E-state index contributed by atoms with van der Waals surface area (Å²) < 4.78 is 30.0. The van der Waals surface area contributed by atoms with Crippen LogP contribution in [0.3, 0.4) is 0 Å². The van der Waals surface area contributed by atoms with Gasteiger partial charge < -0.3 is 4.18 Å². The molecule has 5 nitrogen and oxygen atoms in total. The van der Waals surface area contributed by atoms with Gasteiger partial charge in [0.1, 0.15) is 0 Å². The molecular weight excluding hydrogens is 312 g/mol. The van der Waals surface area contributed by atoms with Crippen molar-refractivity contribution in [2.24, 2.45) is 0 Å². The van der Waals surface area contributed by atoms with Gasteiger partial charge in [0, 0.05) is 11.1 Å². The van der Waals surface area contributed by atoms with Crippen LogP contribution in [0.15, 0.2) is 30.3 Å². The maximum Gasteiger partial charge on any atom is 0.310 e. The predicted octanol–water partition coefficient (Wildman–Crippen LogP) is 3.21. The average Bonchev–Trinajstić information content (AvgIpc) is 2.82. The average molecular weight is 329 g/mol. The molecule has 0 amide bonds. The molecule has 0 aliphatic carbocycles. The van der Waals surface area contributed by atoms with Gasteiger partial charge in [0.2, 0.25) is 5.88 Å². The summed E-state index contributed by atoms with van der Waals surface area (Å²) in [4.78, 5) is 0. The van der Waals surface area contributed by atoms with Gasteiger partial charge in [-0.2, -0.15) is 18.2 Å². The summed E-state index contributed by atoms with van der Waals surface area (Å²) in [6, 6.07) is 8.62. The standard InChI is InChI=1S/C14H17ClN2O3S/c1-3-5-12-10-14(20-21(18,19)4-2)17(16-12)13-8-6-11(15)7-9-13/h6-10H,3-5H2,1-2H3. The quantitative estimate of drug-likeness (QED) is 0.764. The van der Waals surface area contributed by atoms with Gasteiger partial charge in [0.15, 0.2) is 0 Å². The molecule has 1 aromatic carbocycles. The second kappa shape index (κ2) is 6.49. The van der Waals surface area contributed by atoms with Crippen molar-refractivity contribution in [2.75, 3.05) is 5.75 Å². The predicted molar refractivity (Wildman–Crippen MR) is 82.7 cm³/mol. The van der Waals surface area contributed by atoms with Crippen molar-refractivity contribution in [3.63, 3.8) is 0 Å². The molecule has 0 saturated carbocycles. The third-order valence-electron chi connectivity index (χ3n) is 2.87. The topological polar surface area (TPSA) is 61.2 Å². The number of hydrogen-bond donors (Lipinski definition) is 0. The van der Waals surface area contributed by atoms with Gasteiger partial charge in [-0.25, -0.2) is 0 Å².